The van der Waals surface area contributed by atoms with E-state index in [1.165, 1.54) is 25.3 Å². The van der Waals surface area contributed by atoms with Crippen LogP contribution in [0, 0.1) is 0 Å². The van der Waals surface area contributed by atoms with Crippen LogP contribution in [0.15, 0.2) is 24.3 Å². The van der Waals surface area contributed by atoms with Crippen molar-refractivity contribution in [1.29, 1.82) is 0 Å². The lowest BCUT2D eigenvalue weighted by Crippen LogP contribution is -2.40. The second kappa shape index (κ2) is 7.40. The first-order valence-corrected chi connectivity index (χ1v) is 8.38. The van der Waals surface area contributed by atoms with Gasteiger partial charge in [0.2, 0.25) is 0 Å². The molecule has 0 bridgehead atoms. The van der Waals surface area contributed by atoms with Crippen LogP contribution in [0.3, 0.4) is 0 Å². The van der Waals surface area contributed by atoms with Crippen LogP contribution >= 0.6 is 11.8 Å². The maximum absolute atomic E-state index is 12.4. The second-order valence-electron chi connectivity index (χ2n) is 5.20. The fraction of sp³-hybridized carbons (Fsp3) is 0.600. The smallest absolute Gasteiger partial charge is 0.405 e. The number of benzene rings is 1. The highest BCUT2D eigenvalue weighted by atomic mass is 32.2. The van der Waals surface area contributed by atoms with E-state index in [1.54, 1.807) is 18.2 Å². The van der Waals surface area contributed by atoms with Gasteiger partial charge in [0, 0.05) is 23.4 Å². The van der Waals surface area contributed by atoms with E-state index in [2.05, 4.69) is 16.3 Å². The Morgan fingerprint density at radius 2 is 1.95 bits per heavy atom. The molecule has 1 aromatic carbocycles. The lowest BCUT2D eigenvalue weighted by molar-refractivity contribution is -0.274. The quantitative estimate of drug-likeness (QED) is 0.872. The van der Waals surface area contributed by atoms with Gasteiger partial charge in [-0.3, -0.25) is 0 Å². The third kappa shape index (κ3) is 5.11. The Balaban J connectivity index is 1.99. The molecule has 6 heteroatoms. The summed E-state index contributed by atoms with van der Waals surface area (Å²) in [5.74, 6) is -0.117. The van der Waals surface area contributed by atoms with E-state index in [0.29, 0.717) is 23.4 Å². The lowest BCUT2D eigenvalue weighted by Gasteiger charge is -2.31. The normalized spacial score (nSPS) is 23.0. The van der Waals surface area contributed by atoms with Crippen LogP contribution in [0.5, 0.6) is 5.75 Å². The Hall–Kier alpha value is -0.880. The van der Waals surface area contributed by atoms with Gasteiger partial charge in [-0.2, -0.15) is 11.8 Å². The predicted octanol–water partition coefficient (Wildman–Crippen LogP) is 4.35. The minimum Gasteiger partial charge on any atom is -0.405 e. The molecule has 1 aliphatic carbocycles. The maximum Gasteiger partial charge on any atom is 0.573 e. The zero-order chi connectivity index (χ0) is 15.3. The van der Waals surface area contributed by atoms with Crippen molar-refractivity contribution in [2.75, 3.05) is 6.26 Å². The van der Waals surface area contributed by atoms with Crippen molar-refractivity contribution in [3.8, 4) is 5.75 Å². The van der Waals surface area contributed by atoms with E-state index >= 15 is 0 Å². The molecule has 2 rings (SSSR count). The molecule has 1 aromatic rings. The van der Waals surface area contributed by atoms with E-state index in [-0.39, 0.29) is 5.75 Å². The molecule has 2 nitrogen and oxygen atoms in total. The van der Waals surface area contributed by atoms with Gasteiger partial charge < -0.3 is 10.1 Å². The van der Waals surface area contributed by atoms with E-state index in [9.17, 15) is 13.2 Å². The molecule has 0 aliphatic heterocycles. The molecule has 1 N–H and O–H groups in total. The van der Waals surface area contributed by atoms with Crippen LogP contribution in [0.25, 0.3) is 0 Å². The predicted molar refractivity (Wildman–Crippen MR) is 79.5 cm³/mol. The van der Waals surface area contributed by atoms with Gasteiger partial charge in [0.1, 0.15) is 5.75 Å². The van der Waals surface area contributed by atoms with Crippen LogP contribution in [0.4, 0.5) is 13.2 Å². The second-order valence-corrected chi connectivity index (χ2v) is 6.28. The number of hydrogen-bond donors (Lipinski definition) is 1. The van der Waals surface area contributed by atoms with E-state index < -0.39 is 6.36 Å². The Kier molecular flexibility index (Phi) is 5.81. The monoisotopic (exact) mass is 319 g/mol. The van der Waals surface area contributed by atoms with Crippen molar-refractivity contribution in [2.24, 2.45) is 0 Å². The maximum atomic E-state index is 12.4. The average molecular weight is 319 g/mol. The number of nitrogens with one attached hydrogen (secondary N) is 1. The summed E-state index contributed by atoms with van der Waals surface area (Å²) in [6.07, 6.45) is 2.09. The number of rotatable bonds is 5. The number of alkyl halides is 3. The number of hydrogen-bond acceptors (Lipinski definition) is 3. The first-order valence-electron chi connectivity index (χ1n) is 7.09. The van der Waals surface area contributed by atoms with Crippen molar-refractivity contribution in [1.82, 2.24) is 5.32 Å². The molecule has 0 radical (unpaired) electrons. The molecular formula is C15H20F3NOS. The third-order valence-corrected chi connectivity index (χ3v) is 4.93. The molecule has 0 heterocycles. The van der Waals surface area contributed by atoms with Gasteiger partial charge in [-0.1, -0.05) is 31.0 Å². The summed E-state index contributed by atoms with van der Waals surface area (Å²) in [7, 11) is 0. The number of halogens is 3. The number of thioether (sulfide) groups is 1. The SMILES string of the molecule is CSC1CCCCC1NCc1ccccc1OC(F)(F)F. The van der Waals surface area contributed by atoms with Crippen LogP contribution in [-0.4, -0.2) is 23.9 Å². The molecule has 21 heavy (non-hydrogen) atoms. The van der Waals surface area contributed by atoms with Gasteiger partial charge in [-0.05, 0) is 25.2 Å². The van der Waals surface area contributed by atoms with Gasteiger partial charge in [0.05, 0.1) is 0 Å². The average Bonchev–Trinajstić information content (AvgIpc) is 2.45. The van der Waals surface area contributed by atoms with Crippen molar-refractivity contribution >= 4 is 11.8 Å². The molecule has 1 fully saturated rings. The summed E-state index contributed by atoms with van der Waals surface area (Å²) in [6.45, 7) is 0.397. The van der Waals surface area contributed by atoms with Crippen LogP contribution < -0.4 is 10.1 Å². The summed E-state index contributed by atoms with van der Waals surface area (Å²) in [5.41, 5.74) is 0.542. The molecule has 0 saturated heterocycles. The zero-order valence-electron chi connectivity index (χ0n) is 12.0. The number of para-hydroxylation sites is 1. The fourth-order valence-corrected chi connectivity index (χ4v) is 3.69. The van der Waals surface area contributed by atoms with Gasteiger partial charge in [-0.15, -0.1) is 13.2 Å². The zero-order valence-corrected chi connectivity index (χ0v) is 12.8. The van der Waals surface area contributed by atoms with Crippen LogP contribution in [-0.2, 0) is 6.54 Å². The van der Waals surface area contributed by atoms with Gasteiger partial charge in [-0.25, -0.2) is 0 Å². The third-order valence-electron chi connectivity index (χ3n) is 3.76. The molecule has 118 valence electrons. The first-order chi connectivity index (χ1) is 9.99. The molecule has 0 amide bonds. The highest BCUT2D eigenvalue weighted by molar-refractivity contribution is 7.99. The molecule has 2 atom stereocenters. The Morgan fingerprint density at radius 1 is 1.24 bits per heavy atom. The summed E-state index contributed by atoms with van der Waals surface area (Å²) < 4.78 is 41.2. The minimum absolute atomic E-state index is 0.117. The van der Waals surface area contributed by atoms with Crippen molar-refractivity contribution in [2.45, 2.75) is 49.9 Å². The molecule has 2 unspecified atom stereocenters. The largest absolute Gasteiger partial charge is 0.573 e. The summed E-state index contributed by atoms with van der Waals surface area (Å²) >= 11 is 1.83. The number of ether oxygens (including phenoxy) is 1. The highest BCUT2D eigenvalue weighted by Crippen LogP contribution is 2.29. The molecule has 1 aliphatic rings. The lowest BCUT2D eigenvalue weighted by atomic mass is 9.94. The Labute approximate surface area is 127 Å². The first kappa shape index (κ1) is 16.5. The molecular weight excluding hydrogens is 299 g/mol. The van der Waals surface area contributed by atoms with Crippen molar-refractivity contribution in [3.63, 3.8) is 0 Å². The summed E-state index contributed by atoms with van der Waals surface area (Å²) in [5, 5.41) is 3.93. The molecule has 0 aromatic heterocycles. The standard InChI is InChI=1S/C15H20F3NOS/c1-21-14-9-5-3-7-12(14)19-10-11-6-2-4-8-13(11)20-15(16,17)18/h2,4,6,8,12,14,19H,3,5,7,9-10H2,1H3. The van der Waals surface area contributed by atoms with Gasteiger partial charge in [0.15, 0.2) is 0 Å². The van der Waals surface area contributed by atoms with Gasteiger partial charge in [0.25, 0.3) is 0 Å². The Bertz CT molecular complexity index is 453. The minimum atomic E-state index is -4.65. The molecule has 1 saturated carbocycles. The van der Waals surface area contributed by atoms with Gasteiger partial charge >= 0.3 is 6.36 Å². The van der Waals surface area contributed by atoms with Crippen LogP contribution in [0.2, 0.25) is 0 Å². The van der Waals surface area contributed by atoms with E-state index in [1.807, 2.05) is 11.8 Å². The Morgan fingerprint density at radius 3 is 2.67 bits per heavy atom. The van der Waals surface area contributed by atoms with Crippen LogP contribution in [0.1, 0.15) is 31.2 Å². The fourth-order valence-electron chi connectivity index (χ4n) is 2.73. The highest BCUT2D eigenvalue weighted by Gasteiger charge is 2.32. The summed E-state index contributed by atoms with van der Waals surface area (Å²) in [6, 6.07) is 6.67. The molecule has 0 spiro atoms. The van der Waals surface area contributed by atoms with Crippen molar-refractivity contribution < 1.29 is 17.9 Å². The van der Waals surface area contributed by atoms with E-state index in [4.69, 9.17) is 0 Å². The summed E-state index contributed by atoms with van der Waals surface area (Å²) in [4.78, 5) is 0. The topological polar surface area (TPSA) is 21.3 Å². The van der Waals surface area contributed by atoms with E-state index in [0.717, 1.165) is 6.42 Å². The van der Waals surface area contributed by atoms with Crippen molar-refractivity contribution in [3.05, 3.63) is 29.8 Å².